The van der Waals surface area contributed by atoms with E-state index in [4.69, 9.17) is 4.74 Å². The van der Waals surface area contributed by atoms with Crippen LogP contribution in [0, 0.1) is 13.8 Å². The zero-order valence-corrected chi connectivity index (χ0v) is 18.3. The van der Waals surface area contributed by atoms with Crippen molar-refractivity contribution in [2.24, 2.45) is 0 Å². The van der Waals surface area contributed by atoms with Crippen LogP contribution in [0.2, 0.25) is 0 Å². The second-order valence-electron chi connectivity index (χ2n) is 8.29. The zero-order chi connectivity index (χ0) is 17.3. The summed E-state index contributed by atoms with van der Waals surface area (Å²) in [6.45, 7) is 9.90. The largest absolute Gasteiger partial charge is 0.373 e. The van der Waals surface area contributed by atoms with Crippen LogP contribution in [0.5, 0.6) is 0 Å². The molecule has 1 spiro atoms. The zero-order valence-electron chi connectivity index (χ0n) is 16.6. The maximum atomic E-state index is 6.24. The van der Waals surface area contributed by atoms with Gasteiger partial charge in [-0.2, -0.15) is 0 Å². The molecule has 3 aliphatic heterocycles. The number of benzene rings is 1. The van der Waals surface area contributed by atoms with Gasteiger partial charge in [-0.3, -0.25) is 0 Å². The third-order valence-corrected chi connectivity index (χ3v) is 6.61. The highest BCUT2D eigenvalue weighted by molar-refractivity contribution is 5.85. The number of ether oxygens (including phenoxy) is 1. The molecular formula is C21H35Cl2N3O. The Bertz CT molecular complexity index is 599. The number of nitrogens with one attached hydrogen (secondary N) is 2. The lowest BCUT2D eigenvalue weighted by Gasteiger charge is -2.36. The Kier molecular flexibility index (Phi) is 8.26. The molecule has 3 aliphatic rings. The number of piperidine rings is 2. The van der Waals surface area contributed by atoms with Crippen molar-refractivity contribution in [3.63, 3.8) is 0 Å². The van der Waals surface area contributed by atoms with Gasteiger partial charge < -0.3 is 20.3 Å². The molecule has 0 aromatic heterocycles. The van der Waals surface area contributed by atoms with Gasteiger partial charge in [-0.15, -0.1) is 24.8 Å². The maximum absolute atomic E-state index is 6.24. The highest BCUT2D eigenvalue weighted by Gasteiger charge is 2.41. The first-order chi connectivity index (χ1) is 12.2. The second-order valence-corrected chi connectivity index (χ2v) is 8.29. The molecule has 4 nitrogen and oxygen atoms in total. The Hall–Kier alpha value is -0.520. The second kappa shape index (κ2) is 9.80. The van der Waals surface area contributed by atoms with Crippen LogP contribution in [0.4, 0.5) is 5.69 Å². The van der Waals surface area contributed by atoms with Gasteiger partial charge in [-0.25, -0.2) is 0 Å². The van der Waals surface area contributed by atoms with E-state index in [1.807, 2.05) is 0 Å². The monoisotopic (exact) mass is 415 g/mol. The summed E-state index contributed by atoms with van der Waals surface area (Å²) in [6, 6.07) is 7.88. The number of hydrogen-bond donors (Lipinski definition) is 2. The molecule has 0 aliphatic carbocycles. The Labute approximate surface area is 176 Å². The molecule has 1 aromatic rings. The summed E-state index contributed by atoms with van der Waals surface area (Å²) in [4.78, 5) is 2.57. The quantitative estimate of drug-likeness (QED) is 0.789. The first-order valence-corrected chi connectivity index (χ1v) is 10.1. The van der Waals surface area contributed by atoms with Crippen molar-refractivity contribution < 1.29 is 4.74 Å². The van der Waals surface area contributed by atoms with Gasteiger partial charge in [0.05, 0.1) is 12.2 Å². The molecular weight excluding hydrogens is 381 g/mol. The molecule has 3 saturated heterocycles. The van der Waals surface area contributed by atoms with E-state index < -0.39 is 0 Å². The molecule has 0 bridgehead atoms. The van der Waals surface area contributed by atoms with Crippen LogP contribution in [0.1, 0.15) is 43.2 Å². The van der Waals surface area contributed by atoms with E-state index in [1.54, 1.807) is 0 Å². The number of anilines is 1. The van der Waals surface area contributed by atoms with Crippen molar-refractivity contribution in [3.8, 4) is 0 Å². The summed E-state index contributed by atoms with van der Waals surface area (Å²) in [7, 11) is 0. The normalized spacial score (nSPS) is 25.1. The van der Waals surface area contributed by atoms with Gasteiger partial charge in [0.1, 0.15) is 0 Å². The molecule has 154 valence electrons. The van der Waals surface area contributed by atoms with Gasteiger partial charge in [0.15, 0.2) is 0 Å². The van der Waals surface area contributed by atoms with Gasteiger partial charge in [0.25, 0.3) is 0 Å². The number of nitrogens with zero attached hydrogens (tertiary/aromatic N) is 1. The first kappa shape index (κ1) is 22.8. The molecule has 2 N–H and O–H groups in total. The average molecular weight is 416 g/mol. The lowest BCUT2D eigenvalue weighted by Crippen LogP contribution is -2.47. The Balaban J connectivity index is 0.00000131. The van der Waals surface area contributed by atoms with Gasteiger partial charge >= 0.3 is 0 Å². The Morgan fingerprint density at radius 3 is 2.48 bits per heavy atom. The molecule has 27 heavy (non-hydrogen) atoms. The average Bonchev–Trinajstić information content (AvgIpc) is 3.01. The summed E-state index contributed by atoms with van der Waals surface area (Å²) in [5.41, 5.74) is 4.43. The third kappa shape index (κ3) is 5.10. The number of hydrogen-bond acceptors (Lipinski definition) is 4. The van der Waals surface area contributed by atoms with Crippen LogP contribution in [-0.4, -0.2) is 50.5 Å². The van der Waals surface area contributed by atoms with E-state index in [-0.39, 0.29) is 30.4 Å². The predicted octanol–water partition coefficient (Wildman–Crippen LogP) is 3.62. The van der Waals surface area contributed by atoms with Crippen LogP contribution in [0.25, 0.3) is 0 Å². The van der Waals surface area contributed by atoms with Gasteiger partial charge in [-0.05, 0) is 76.2 Å². The van der Waals surface area contributed by atoms with Gasteiger partial charge in [0.2, 0.25) is 0 Å². The number of halogens is 2. The molecule has 0 radical (unpaired) electrons. The summed E-state index contributed by atoms with van der Waals surface area (Å²) < 4.78 is 6.24. The molecule has 1 atom stereocenters. The molecule has 0 saturated carbocycles. The van der Waals surface area contributed by atoms with Crippen molar-refractivity contribution in [3.05, 3.63) is 29.3 Å². The van der Waals surface area contributed by atoms with Crippen LogP contribution < -0.4 is 15.5 Å². The van der Waals surface area contributed by atoms with Gasteiger partial charge in [-0.1, -0.05) is 12.1 Å². The summed E-state index contributed by atoms with van der Waals surface area (Å²) in [5.74, 6) is 0. The standard InChI is InChI=1S/C21H33N3O.2ClH/c1-16-4-3-5-20(17(16)2)24-12-6-18(7-13-24)23-19-14-21(25-15-19)8-10-22-11-9-21;;/h3-5,18-19,22-23H,6-15H2,1-2H3;2*1H. The van der Waals surface area contributed by atoms with Crippen molar-refractivity contribution in [1.82, 2.24) is 10.6 Å². The molecule has 4 rings (SSSR count). The minimum Gasteiger partial charge on any atom is -0.373 e. The fraction of sp³-hybridized carbons (Fsp3) is 0.714. The number of aryl methyl sites for hydroxylation is 1. The fourth-order valence-electron chi connectivity index (χ4n) is 4.88. The molecule has 3 heterocycles. The number of rotatable bonds is 3. The lowest BCUT2D eigenvalue weighted by molar-refractivity contribution is -0.0194. The van der Waals surface area contributed by atoms with Crippen molar-refractivity contribution in [2.45, 2.75) is 63.6 Å². The van der Waals surface area contributed by atoms with E-state index in [2.05, 4.69) is 47.6 Å². The Morgan fingerprint density at radius 1 is 1.07 bits per heavy atom. The van der Waals surface area contributed by atoms with Gasteiger partial charge in [0, 0.05) is 30.9 Å². The van der Waals surface area contributed by atoms with Crippen LogP contribution in [0.3, 0.4) is 0 Å². The lowest BCUT2D eigenvalue weighted by atomic mass is 9.88. The molecule has 3 fully saturated rings. The minimum atomic E-state index is 0. The van der Waals surface area contributed by atoms with Crippen LogP contribution >= 0.6 is 24.8 Å². The minimum absolute atomic E-state index is 0. The molecule has 1 unspecified atom stereocenters. The SMILES string of the molecule is Cc1cccc(N2CCC(NC3COC4(CCNCC4)C3)CC2)c1C.Cl.Cl. The predicted molar refractivity (Wildman–Crippen MR) is 118 cm³/mol. The third-order valence-electron chi connectivity index (χ3n) is 6.61. The van der Waals surface area contributed by atoms with Crippen LogP contribution in [0.15, 0.2) is 18.2 Å². The smallest absolute Gasteiger partial charge is 0.0723 e. The van der Waals surface area contributed by atoms with Crippen molar-refractivity contribution in [2.75, 3.05) is 37.7 Å². The highest BCUT2D eigenvalue weighted by Crippen LogP contribution is 2.34. The molecule has 6 heteroatoms. The van der Waals surface area contributed by atoms with Crippen LogP contribution in [-0.2, 0) is 4.74 Å². The Morgan fingerprint density at radius 2 is 1.78 bits per heavy atom. The van der Waals surface area contributed by atoms with Crippen molar-refractivity contribution in [1.29, 1.82) is 0 Å². The summed E-state index contributed by atoms with van der Waals surface area (Å²) in [6.07, 6.45) is 6.02. The summed E-state index contributed by atoms with van der Waals surface area (Å²) in [5, 5.41) is 7.37. The molecule has 1 aromatic carbocycles. The first-order valence-electron chi connectivity index (χ1n) is 10.1. The van der Waals surface area contributed by atoms with E-state index in [0.29, 0.717) is 12.1 Å². The maximum Gasteiger partial charge on any atom is 0.0723 e. The van der Waals surface area contributed by atoms with E-state index in [1.165, 1.54) is 48.9 Å². The molecule has 0 amide bonds. The topological polar surface area (TPSA) is 36.5 Å². The van der Waals surface area contributed by atoms with E-state index in [9.17, 15) is 0 Å². The van der Waals surface area contributed by atoms with Crippen molar-refractivity contribution >= 4 is 30.5 Å². The van der Waals surface area contributed by atoms with E-state index in [0.717, 1.165) is 32.8 Å². The highest BCUT2D eigenvalue weighted by atomic mass is 35.5. The summed E-state index contributed by atoms with van der Waals surface area (Å²) >= 11 is 0. The van der Waals surface area contributed by atoms with E-state index >= 15 is 0 Å². The fourth-order valence-corrected chi connectivity index (χ4v) is 4.88.